The number of carboxylic acids is 1. The Bertz CT molecular complexity index is 804. The lowest BCUT2D eigenvalue weighted by Crippen LogP contribution is -2.21. The predicted molar refractivity (Wildman–Crippen MR) is 109 cm³/mol. The molecule has 7 heteroatoms. The van der Waals surface area contributed by atoms with E-state index in [9.17, 15) is 9.90 Å². The number of nitrogens with one attached hydrogen (secondary N) is 2. The van der Waals surface area contributed by atoms with Gasteiger partial charge >= 0.3 is 5.97 Å². The van der Waals surface area contributed by atoms with Gasteiger partial charge in [0.05, 0.1) is 12.2 Å². The molecule has 1 atom stereocenters. The summed E-state index contributed by atoms with van der Waals surface area (Å²) in [6.07, 6.45) is -0.116. The van der Waals surface area contributed by atoms with Gasteiger partial charge in [-0.05, 0) is 69.7 Å². The molecule has 0 aliphatic rings. The van der Waals surface area contributed by atoms with Gasteiger partial charge in [-0.1, -0.05) is 0 Å². The molecule has 2 rings (SSSR count). The highest BCUT2D eigenvalue weighted by atomic mass is 16.5. The Balaban J connectivity index is 2.37. The maximum Gasteiger partial charge on any atom is 0.330 e. The molecule has 0 aliphatic heterocycles. The van der Waals surface area contributed by atoms with Gasteiger partial charge in [-0.3, -0.25) is 5.41 Å². The lowest BCUT2D eigenvalue weighted by atomic mass is 10.0. The summed E-state index contributed by atoms with van der Waals surface area (Å²) in [4.78, 5) is 11.9. The molecule has 0 aliphatic carbocycles. The molecule has 0 amide bonds. The first kappa shape index (κ1) is 21.1. The Morgan fingerprint density at radius 2 is 1.50 bits per heavy atom. The topological polar surface area (TPSA) is 118 Å². The van der Waals surface area contributed by atoms with E-state index >= 15 is 0 Å². The van der Waals surface area contributed by atoms with Crippen molar-refractivity contribution >= 4 is 17.5 Å². The van der Waals surface area contributed by atoms with Crippen LogP contribution in [-0.4, -0.2) is 29.1 Å². The van der Waals surface area contributed by atoms with Crippen LogP contribution >= 0.6 is 0 Å². The van der Waals surface area contributed by atoms with Crippen LogP contribution in [0.25, 0.3) is 0 Å². The van der Waals surface area contributed by atoms with Crippen LogP contribution in [-0.2, 0) is 4.79 Å². The minimum Gasteiger partial charge on any atom is -0.491 e. The first-order chi connectivity index (χ1) is 13.2. The van der Waals surface area contributed by atoms with Crippen LogP contribution in [0, 0.1) is 5.41 Å². The third-order valence-corrected chi connectivity index (χ3v) is 3.73. The van der Waals surface area contributed by atoms with E-state index in [1.807, 2.05) is 27.7 Å². The van der Waals surface area contributed by atoms with E-state index in [1.54, 1.807) is 42.5 Å². The number of carboxylic acid groups (broad SMARTS) is 1. The molecule has 28 heavy (non-hydrogen) atoms. The standard InChI is InChI=1S/C21H27N3O4/c1-12(2)27-17-9-15(10-18(11-17)28-13(3)4)19(21(25)26)24-16-7-5-14(6-8-16)20(22)23/h5-13,19,24H,1-4H3,(H3,22,23)(H,25,26). The highest BCUT2D eigenvalue weighted by Crippen LogP contribution is 2.30. The van der Waals surface area contributed by atoms with Gasteiger partial charge in [0.2, 0.25) is 0 Å². The summed E-state index contributed by atoms with van der Waals surface area (Å²) >= 11 is 0. The van der Waals surface area contributed by atoms with Crippen LogP contribution in [0.2, 0.25) is 0 Å². The molecule has 0 saturated carbocycles. The zero-order valence-corrected chi connectivity index (χ0v) is 16.5. The molecule has 0 fully saturated rings. The molecule has 0 saturated heterocycles. The fourth-order valence-corrected chi connectivity index (χ4v) is 2.64. The van der Waals surface area contributed by atoms with Crippen molar-refractivity contribution in [2.45, 2.75) is 45.9 Å². The van der Waals surface area contributed by atoms with Gasteiger partial charge in [-0.15, -0.1) is 0 Å². The maximum atomic E-state index is 11.9. The van der Waals surface area contributed by atoms with E-state index < -0.39 is 12.0 Å². The number of amidine groups is 1. The number of anilines is 1. The second-order valence-corrected chi connectivity index (χ2v) is 6.98. The molecule has 0 spiro atoms. The number of hydrogen-bond acceptors (Lipinski definition) is 5. The molecule has 2 aromatic rings. The molecule has 0 aromatic heterocycles. The van der Waals surface area contributed by atoms with E-state index in [4.69, 9.17) is 20.6 Å². The van der Waals surface area contributed by atoms with E-state index in [1.165, 1.54) is 0 Å². The van der Waals surface area contributed by atoms with Gasteiger partial charge < -0.3 is 25.6 Å². The molecule has 0 heterocycles. The lowest BCUT2D eigenvalue weighted by molar-refractivity contribution is -0.138. The number of carbonyl (C=O) groups is 1. The average molecular weight is 385 g/mol. The van der Waals surface area contributed by atoms with Crippen LogP contribution in [0.4, 0.5) is 5.69 Å². The van der Waals surface area contributed by atoms with E-state index in [0.717, 1.165) is 0 Å². The fourth-order valence-electron chi connectivity index (χ4n) is 2.64. The third kappa shape index (κ3) is 5.90. The minimum atomic E-state index is -1.03. The van der Waals surface area contributed by atoms with Gasteiger partial charge in [0.25, 0.3) is 0 Å². The smallest absolute Gasteiger partial charge is 0.330 e. The van der Waals surface area contributed by atoms with E-state index in [2.05, 4.69) is 5.32 Å². The number of ether oxygens (including phenoxy) is 2. The number of aliphatic carboxylic acids is 1. The van der Waals surface area contributed by atoms with Gasteiger partial charge in [-0.25, -0.2) is 4.79 Å². The number of benzene rings is 2. The van der Waals surface area contributed by atoms with Crippen LogP contribution < -0.4 is 20.5 Å². The summed E-state index contributed by atoms with van der Waals surface area (Å²) in [5.74, 6) is 0.00874. The normalized spacial score (nSPS) is 11.9. The second kappa shape index (κ2) is 9.12. The molecule has 0 radical (unpaired) electrons. The van der Waals surface area contributed by atoms with Gasteiger partial charge in [0, 0.05) is 17.3 Å². The third-order valence-electron chi connectivity index (χ3n) is 3.73. The van der Waals surface area contributed by atoms with Gasteiger partial charge in [0.1, 0.15) is 17.3 Å². The Labute approximate surface area is 165 Å². The molecule has 1 unspecified atom stereocenters. The first-order valence-corrected chi connectivity index (χ1v) is 9.07. The molecular formula is C21H27N3O4. The largest absolute Gasteiger partial charge is 0.491 e. The molecular weight excluding hydrogens is 358 g/mol. The molecule has 2 aromatic carbocycles. The SMILES string of the molecule is CC(C)Oc1cc(OC(C)C)cc(C(Nc2ccc(C(=N)N)cc2)C(=O)O)c1. The number of nitrogen functional groups attached to an aromatic ring is 1. The van der Waals surface area contributed by atoms with Crippen LogP contribution in [0.15, 0.2) is 42.5 Å². The minimum absolute atomic E-state index is 0.0460. The highest BCUT2D eigenvalue weighted by Gasteiger charge is 2.22. The fraction of sp³-hybridized carbons (Fsp3) is 0.333. The quantitative estimate of drug-likeness (QED) is 0.385. The van der Waals surface area contributed by atoms with Crippen molar-refractivity contribution < 1.29 is 19.4 Å². The zero-order valence-electron chi connectivity index (χ0n) is 16.5. The summed E-state index contributed by atoms with van der Waals surface area (Å²) in [7, 11) is 0. The molecule has 7 nitrogen and oxygen atoms in total. The monoisotopic (exact) mass is 385 g/mol. The number of hydrogen-bond donors (Lipinski definition) is 4. The van der Waals surface area contributed by atoms with Crippen molar-refractivity contribution in [1.29, 1.82) is 5.41 Å². The summed E-state index contributed by atoms with van der Waals surface area (Å²) < 4.78 is 11.5. The summed E-state index contributed by atoms with van der Waals surface area (Å²) in [6, 6.07) is 10.8. The molecule has 150 valence electrons. The summed E-state index contributed by atoms with van der Waals surface area (Å²) in [5, 5.41) is 20.2. The van der Waals surface area contributed by atoms with Gasteiger partial charge in [-0.2, -0.15) is 0 Å². The van der Waals surface area contributed by atoms with Crippen molar-refractivity contribution in [2.24, 2.45) is 5.73 Å². The number of rotatable bonds is 9. The van der Waals surface area contributed by atoms with Crippen molar-refractivity contribution in [3.8, 4) is 11.5 Å². The van der Waals surface area contributed by atoms with E-state index in [-0.39, 0.29) is 18.0 Å². The van der Waals surface area contributed by atoms with Crippen LogP contribution in [0.1, 0.15) is 44.9 Å². The maximum absolute atomic E-state index is 11.9. The molecule has 5 N–H and O–H groups in total. The summed E-state index contributed by atoms with van der Waals surface area (Å²) in [6.45, 7) is 7.61. The van der Waals surface area contributed by atoms with Crippen molar-refractivity contribution in [3.05, 3.63) is 53.6 Å². The van der Waals surface area contributed by atoms with E-state index in [0.29, 0.717) is 28.3 Å². The Hall–Kier alpha value is -3.22. The highest BCUT2D eigenvalue weighted by molar-refractivity contribution is 5.95. The number of nitrogens with two attached hydrogens (primary N) is 1. The Kier molecular flexibility index (Phi) is 6.87. The van der Waals surface area contributed by atoms with Gasteiger partial charge in [0.15, 0.2) is 6.04 Å². The molecule has 0 bridgehead atoms. The van der Waals surface area contributed by atoms with Crippen molar-refractivity contribution in [2.75, 3.05) is 5.32 Å². The van der Waals surface area contributed by atoms with Crippen molar-refractivity contribution in [3.63, 3.8) is 0 Å². The zero-order chi connectivity index (χ0) is 20.8. The predicted octanol–water partition coefficient (Wildman–Crippen LogP) is 3.78. The second-order valence-electron chi connectivity index (χ2n) is 6.98. The van der Waals surface area contributed by atoms with Crippen molar-refractivity contribution in [1.82, 2.24) is 0 Å². The summed E-state index contributed by atoms with van der Waals surface area (Å²) in [5.41, 5.74) is 7.13. The lowest BCUT2D eigenvalue weighted by Gasteiger charge is -2.20. The average Bonchev–Trinajstić information content (AvgIpc) is 2.58. The van der Waals surface area contributed by atoms with Crippen LogP contribution in [0.5, 0.6) is 11.5 Å². The van der Waals surface area contributed by atoms with Crippen LogP contribution in [0.3, 0.4) is 0 Å². The first-order valence-electron chi connectivity index (χ1n) is 9.07. The Morgan fingerprint density at radius 1 is 1.00 bits per heavy atom. The Morgan fingerprint density at radius 3 is 1.89 bits per heavy atom.